The minimum absolute atomic E-state index is 0. The van der Waals surface area contributed by atoms with E-state index in [4.69, 9.17) is 10.00 Å². The number of aromatic amines is 1. The van der Waals surface area contributed by atoms with Crippen LogP contribution in [0.15, 0.2) is 24.4 Å². The van der Waals surface area contributed by atoms with Gasteiger partial charge in [0.15, 0.2) is 0 Å². The quantitative estimate of drug-likeness (QED) is 0.803. The number of carbonyl (C=O) groups is 2. The van der Waals surface area contributed by atoms with Crippen LogP contribution in [-0.4, -0.2) is 46.4 Å². The van der Waals surface area contributed by atoms with Crippen LogP contribution >= 0.6 is 12.4 Å². The van der Waals surface area contributed by atoms with E-state index in [1.807, 2.05) is 0 Å². The number of rotatable bonds is 2. The van der Waals surface area contributed by atoms with E-state index in [2.05, 4.69) is 16.0 Å². The lowest BCUT2D eigenvalue weighted by Crippen LogP contribution is -2.63. The number of ketones is 1. The SMILES string of the molecule is Cl.N#Cc1ccc2[nH]cc(C(=O)OC3CC4CC5CC(C3)N4CC5=O)c2c1. The normalized spacial score (nSPS) is 31.2. The van der Waals surface area contributed by atoms with Gasteiger partial charge in [0.25, 0.3) is 0 Å². The number of fused-ring (bicyclic) bond motifs is 2. The number of nitrogens with zero attached hydrogens (tertiary/aromatic N) is 2. The van der Waals surface area contributed by atoms with Crippen molar-refractivity contribution in [3.05, 3.63) is 35.5 Å². The molecular formula is C20H20ClN3O3. The van der Waals surface area contributed by atoms with Gasteiger partial charge >= 0.3 is 5.97 Å². The van der Waals surface area contributed by atoms with E-state index in [0.717, 1.165) is 36.6 Å². The van der Waals surface area contributed by atoms with Crippen LogP contribution in [0.25, 0.3) is 10.9 Å². The third-order valence-corrected chi connectivity index (χ3v) is 6.22. The van der Waals surface area contributed by atoms with E-state index >= 15 is 0 Å². The van der Waals surface area contributed by atoms with Gasteiger partial charge in [-0.25, -0.2) is 4.79 Å². The fourth-order valence-electron chi connectivity index (χ4n) is 4.99. The largest absolute Gasteiger partial charge is 0.459 e. The maximum absolute atomic E-state index is 12.7. The molecule has 4 aliphatic rings. The summed E-state index contributed by atoms with van der Waals surface area (Å²) in [5, 5.41) is 9.80. The van der Waals surface area contributed by atoms with Gasteiger partial charge in [0.1, 0.15) is 11.9 Å². The third kappa shape index (κ3) is 2.91. The average molecular weight is 386 g/mol. The number of ether oxygens (including phenoxy) is 1. The molecule has 5 heterocycles. The molecule has 0 amide bonds. The Morgan fingerprint density at radius 3 is 2.63 bits per heavy atom. The average Bonchev–Trinajstić information content (AvgIpc) is 3.04. The van der Waals surface area contributed by atoms with Crippen molar-refractivity contribution < 1.29 is 14.3 Å². The summed E-state index contributed by atoms with van der Waals surface area (Å²) in [4.78, 5) is 30.0. The number of nitriles is 1. The van der Waals surface area contributed by atoms with Gasteiger partial charge in [-0.2, -0.15) is 5.26 Å². The summed E-state index contributed by atoms with van der Waals surface area (Å²) < 4.78 is 5.83. The van der Waals surface area contributed by atoms with Crippen molar-refractivity contribution in [3.8, 4) is 6.07 Å². The number of halogens is 1. The number of esters is 1. The molecule has 2 unspecified atom stereocenters. The minimum atomic E-state index is -0.340. The first-order chi connectivity index (χ1) is 12.6. The topological polar surface area (TPSA) is 86.2 Å². The van der Waals surface area contributed by atoms with Crippen molar-refractivity contribution in [1.82, 2.24) is 9.88 Å². The molecule has 1 aromatic carbocycles. The minimum Gasteiger partial charge on any atom is -0.459 e. The highest BCUT2D eigenvalue weighted by molar-refractivity contribution is 6.04. The standard InChI is InChI=1S/C20H19N3O3.ClH/c21-8-11-1-2-18-16(3-11)17(9-22-18)20(25)26-15-6-13-4-12-5-14(7-15)23(13)10-19(12)24;/h1-3,9,12-15,22H,4-7,10H2;1H. The fraction of sp³-hybridized carbons (Fsp3) is 0.450. The molecule has 1 aromatic heterocycles. The molecule has 7 heteroatoms. The predicted octanol–water partition coefficient (Wildman–Crippen LogP) is 2.81. The van der Waals surface area contributed by atoms with Crippen molar-refractivity contribution in [2.24, 2.45) is 5.92 Å². The molecule has 0 spiro atoms. The van der Waals surface area contributed by atoms with Gasteiger partial charge in [-0.15, -0.1) is 12.4 Å². The third-order valence-electron chi connectivity index (χ3n) is 6.22. The van der Waals surface area contributed by atoms with Gasteiger partial charge in [0, 0.05) is 47.9 Å². The zero-order chi connectivity index (χ0) is 17.8. The number of piperidine rings is 4. The molecule has 1 N–H and O–H groups in total. The summed E-state index contributed by atoms with van der Waals surface area (Å²) in [5.41, 5.74) is 1.81. The lowest BCUT2D eigenvalue weighted by Gasteiger charge is -2.54. The molecule has 6 nitrogen and oxygen atoms in total. The number of carbonyl (C=O) groups excluding carboxylic acids is 2. The molecule has 4 bridgehead atoms. The van der Waals surface area contributed by atoms with Crippen LogP contribution in [0.4, 0.5) is 0 Å². The Balaban J connectivity index is 0.00000180. The molecule has 2 atom stereocenters. The molecule has 0 radical (unpaired) electrons. The Bertz CT molecular complexity index is 947. The highest BCUT2D eigenvalue weighted by atomic mass is 35.5. The molecular weight excluding hydrogens is 366 g/mol. The molecule has 4 fully saturated rings. The molecule has 2 aromatic rings. The summed E-state index contributed by atoms with van der Waals surface area (Å²) in [5.74, 6) is 0.247. The first-order valence-electron chi connectivity index (χ1n) is 9.13. The predicted molar refractivity (Wildman–Crippen MR) is 101 cm³/mol. The number of H-pyrrole nitrogens is 1. The van der Waals surface area contributed by atoms with Crippen LogP contribution < -0.4 is 0 Å². The van der Waals surface area contributed by atoms with Crippen molar-refractivity contribution in [2.45, 2.75) is 43.9 Å². The summed E-state index contributed by atoms with van der Waals surface area (Å²) in [6.45, 7) is 0.569. The van der Waals surface area contributed by atoms with Gasteiger partial charge in [0.05, 0.1) is 23.7 Å². The second kappa shape index (κ2) is 6.66. The second-order valence-electron chi connectivity index (χ2n) is 7.69. The highest BCUT2D eigenvalue weighted by Crippen LogP contribution is 2.42. The van der Waals surface area contributed by atoms with Gasteiger partial charge in [0.2, 0.25) is 0 Å². The Morgan fingerprint density at radius 1 is 1.22 bits per heavy atom. The molecule has 6 rings (SSSR count). The Labute approximate surface area is 162 Å². The van der Waals surface area contributed by atoms with Crippen LogP contribution in [-0.2, 0) is 9.53 Å². The van der Waals surface area contributed by atoms with E-state index in [9.17, 15) is 9.59 Å². The van der Waals surface area contributed by atoms with Gasteiger partial charge in [-0.05, 0) is 31.0 Å². The van der Waals surface area contributed by atoms with E-state index in [1.54, 1.807) is 24.4 Å². The Hall–Kier alpha value is -2.36. The molecule has 4 aliphatic heterocycles. The number of aromatic nitrogens is 1. The Morgan fingerprint density at radius 2 is 1.96 bits per heavy atom. The van der Waals surface area contributed by atoms with E-state index in [-0.39, 0.29) is 30.4 Å². The second-order valence-corrected chi connectivity index (χ2v) is 7.69. The number of Topliss-reactive ketones (excluding diaryl/α,β-unsaturated/α-hetero) is 1. The van der Waals surface area contributed by atoms with E-state index in [1.165, 1.54) is 0 Å². The van der Waals surface area contributed by atoms with Crippen molar-refractivity contribution >= 4 is 35.1 Å². The lowest BCUT2D eigenvalue weighted by atomic mass is 9.72. The highest BCUT2D eigenvalue weighted by Gasteiger charge is 2.49. The number of benzene rings is 1. The summed E-state index contributed by atoms with van der Waals surface area (Å²) >= 11 is 0. The van der Waals surface area contributed by atoms with Gasteiger partial charge < -0.3 is 9.72 Å². The molecule has 4 saturated heterocycles. The van der Waals surface area contributed by atoms with Crippen LogP contribution in [0.3, 0.4) is 0 Å². The fourth-order valence-corrected chi connectivity index (χ4v) is 4.99. The van der Waals surface area contributed by atoms with Crippen molar-refractivity contribution in [3.63, 3.8) is 0 Å². The smallest absolute Gasteiger partial charge is 0.340 e. The number of hydrogen-bond donors (Lipinski definition) is 1. The number of nitrogens with one attached hydrogen (secondary N) is 1. The zero-order valence-corrected chi connectivity index (χ0v) is 15.5. The maximum Gasteiger partial charge on any atom is 0.340 e. The first kappa shape index (κ1) is 18.0. The molecule has 0 saturated carbocycles. The van der Waals surface area contributed by atoms with Gasteiger partial charge in [-0.1, -0.05) is 0 Å². The summed E-state index contributed by atoms with van der Waals surface area (Å²) in [6.07, 6.45) is 4.97. The van der Waals surface area contributed by atoms with Crippen LogP contribution in [0.2, 0.25) is 0 Å². The summed E-state index contributed by atoms with van der Waals surface area (Å²) in [7, 11) is 0. The van der Waals surface area contributed by atoms with Gasteiger partial charge in [-0.3, -0.25) is 9.69 Å². The zero-order valence-electron chi connectivity index (χ0n) is 14.7. The molecule has 140 valence electrons. The van der Waals surface area contributed by atoms with E-state index < -0.39 is 0 Å². The summed E-state index contributed by atoms with van der Waals surface area (Å²) in [6, 6.07) is 8.06. The Kier molecular flexibility index (Phi) is 4.45. The molecule has 0 aliphatic carbocycles. The molecule has 27 heavy (non-hydrogen) atoms. The van der Waals surface area contributed by atoms with Crippen LogP contribution in [0.5, 0.6) is 0 Å². The van der Waals surface area contributed by atoms with E-state index in [0.29, 0.717) is 35.5 Å². The number of hydrogen-bond acceptors (Lipinski definition) is 5. The van der Waals surface area contributed by atoms with Crippen molar-refractivity contribution in [1.29, 1.82) is 5.26 Å². The van der Waals surface area contributed by atoms with Crippen LogP contribution in [0, 0.1) is 17.2 Å². The lowest BCUT2D eigenvalue weighted by molar-refractivity contribution is -0.145. The van der Waals surface area contributed by atoms with Crippen molar-refractivity contribution in [2.75, 3.05) is 6.54 Å². The maximum atomic E-state index is 12.7. The van der Waals surface area contributed by atoms with Crippen LogP contribution in [0.1, 0.15) is 41.6 Å². The monoisotopic (exact) mass is 385 g/mol. The first-order valence-corrected chi connectivity index (χ1v) is 9.13.